The highest BCUT2D eigenvalue weighted by Crippen LogP contribution is 2.16. The summed E-state index contributed by atoms with van der Waals surface area (Å²) in [6.45, 7) is 9.08. The van der Waals surface area contributed by atoms with Crippen molar-refractivity contribution in [2.24, 2.45) is 4.99 Å². The van der Waals surface area contributed by atoms with Crippen molar-refractivity contribution >= 4 is 35.8 Å². The van der Waals surface area contributed by atoms with E-state index in [1.54, 1.807) is 25.2 Å². The number of nitrogens with one attached hydrogen (secondary N) is 2. The molecule has 0 radical (unpaired) electrons. The maximum Gasteiger partial charge on any atom is 0.191 e. The zero-order valence-electron chi connectivity index (χ0n) is 17.5. The SMILES string of the molecule is CCN(CC)c1ccc(CNC(=NC)NCC(C)Oc2ccccc2F)cn1.I. The minimum Gasteiger partial charge on any atom is -0.486 e. The lowest BCUT2D eigenvalue weighted by Crippen LogP contribution is -2.41. The van der Waals surface area contributed by atoms with E-state index in [0.717, 1.165) is 24.5 Å². The zero-order chi connectivity index (χ0) is 20.4. The minimum atomic E-state index is -0.363. The lowest BCUT2D eigenvalue weighted by molar-refractivity contribution is 0.214. The lowest BCUT2D eigenvalue weighted by Gasteiger charge is -2.20. The van der Waals surface area contributed by atoms with Gasteiger partial charge in [-0.15, -0.1) is 24.0 Å². The van der Waals surface area contributed by atoms with Gasteiger partial charge in [0.25, 0.3) is 0 Å². The van der Waals surface area contributed by atoms with Crippen molar-refractivity contribution in [1.29, 1.82) is 0 Å². The molecule has 0 saturated heterocycles. The number of rotatable bonds is 9. The second kappa shape index (κ2) is 13.2. The van der Waals surface area contributed by atoms with Crippen LogP contribution in [0.5, 0.6) is 5.75 Å². The van der Waals surface area contributed by atoms with E-state index in [1.807, 2.05) is 19.2 Å². The van der Waals surface area contributed by atoms with E-state index >= 15 is 0 Å². The molecule has 0 aliphatic rings. The second-order valence-electron chi connectivity index (χ2n) is 6.36. The van der Waals surface area contributed by atoms with Crippen molar-refractivity contribution in [2.75, 3.05) is 31.6 Å². The van der Waals surface area contributed by atoms with Gasteiger partial charge < -0.3 is 20.3 Å². The average molecular weight is 515 g/mol. The van der Waals surface area contributed by atoms with Crippen molar-refractivity contribution < 1.29 is 9.13 Å². The van der Waals surface area contributed by atoms with Crippen LogP contribution in [0.3, 0.4) is 0 Å². The van der Waals surface area contributed by atoms with Gasteiger partial charge >= 0.3 is 0 Å². The summed E-state index contributed by atoms with van der Waals surface area (Å²) >= 11 is 0. The van der Waals surface area contributed by atoms with Crippen LogP contribution in [0, 0.1) is 5.82 Å². The van der Waals surface area contributed by atoms with Crippen molar-refractivity contribution in [3.05, 3.63) is 54.0 Å². The molecule has 8 heteroatoms. The smallest absolute Gasteiger partial charge is 0.191 e. The van der Waals surface area contributed by atoms with Crippen molar-refractivity contribution in [2.45, 2.75) is 33.4 Å². The second-order valence-corrected chi connectivity index (χ2v) is 6.36. The average Bonchev–Trinajstić information content (AvgIpc) is 2.72. The zero-order valence-corrected chi connectivity index (χ0v) is 19.8. The fourth-order valence-electron chi connectivity index (χ4n) is 2.70. The quantitative estimate of drug-likeness (QED) is 0.302. The lowest BCUT2D eigenvalue weighted by atomic mass is 10.2. The maximum absolute atomic E-state index is 13.7. The Bertz CT molecular complexity index is 753. The highest BCUT2D eigenvalue weighted by Gasteiger charge is 2.09. The Kier molecular flexibility index (Phi) is 11.3. The normalized spacial score (nSPS) is 12.0. The van der Waals surface area contributed by atoms with E-state index in [4.69, 9.17) is 4.74 Å². The third kappa shape index (κ3) is 8.04. The third-order valence-electron chi connectivity index (χ3n) is 4.30. The molecule has 1 atom stereocenters. The van der Waals surface area contributed by atoms with Crippen molar-refractivity contribution in [3.8, 4) is 5.75 Å². The molecule has 0 aliphatic carbocycles. The van der Waals surface area contributed by atoms with Crippen LogP contribution in [0.4, 0.5) is 10.2 Å². The standard InChI is InChI=1S/C21H30FN5O.HI/c1-5-27(6-2)20-12-11-17(14-24-20)15-26-21(23-4)25-13-16(3)28-19-10-8-7-9-18(19)22;/h7-12,14,16H,5-6,13,15H2,1-4H3,(H2,23,25,26);1H. The van der Waals surface area contributed by atoms with Crippen LogP contribution in [0.1, 0.15) is 26.3 Å². The highest BCUT2D eigenvalue weighted by atomic mass is 127. The Morgan fingerprint density at radius 1 is 1.17 bits per heavy atom. The Morgan fingerprint density at radius 2 is 1.90 bits per heavy atom. The number of ether oxygens (including phenoxy) is 1. The first-order valence-electron chi connectivity index (χ1n) is 9.62. The predicted molar refractivity (Wildman–Crippen MR) is 128 cm³/mol. The Hall–Kier alpha value is -2.10. The molecule has 29 heavy (non-hydrogen) atoms. The number of anilines is 1. The number of nitrogens with zero attached hydrogens (tertiary/aromatic N) is 3. The van der Waals surface area contributed by atoms with E-state index in [1.165, 1.54) is 6.07 Å². The van der Waals surface area contributed by atoms with Crippen LogP contribution in [0.25, 0.3) is 0 Å². The molecule has 0 aliphatic heterocycles. The predicted octanol–water partition coefficient (Wildman–Crippen LogP) is 3.82. The van der Waals surface area contributed by atoms with Gasteiger partial charge in [-0.1, -0.05) is 18.2 Å². The topological polar surface area (TPSA) is 61.8 Å². The summed E-state index contributed by atoms with van der Waals surface area (Å²) in [4.78, 5) is 10.9. The first kappa shape index (κ1) is 24.9. The van der Waals surface area contributed by atoms with Gasteiger partial charge in [-0.3, -0.25) is 4.99 Å². The van der Waals surface area contributed by atoms with Gasteiger partial charge in [0, 0.05) is 32.9 Å². The van der Waals surface area contributed by atoms with Gasteiger partial charge in [0.1, 0.15) is 11.9 Å². The van der Waals surface area contributed by atoms with Crippen molar-refractivity contribution in [3.63, 3.8) is 0 Å². The molecule has 0 bridgehead atoms. The van der Waals surface area contributed by atoms with Gasteiger partial charge in [-0.05, 0) is 44.5 Å². The summed E-state index contributed by atoms with van der Waals surface area (Å²) in [5.74, 6) is 1.52. The van der Waals surface area contributed by atoms with E-state index in [0.29, 0.717) is 19.0 Å². The number of halogens is 2. The van der Waals surface area contributed by atoms with Crippen LogP contribution < -0.4 is 20.3 Å². The summed E-state index contributed by atoms with van der Waals surface area (Å²) in [6.07, 6.45) is 1.66. The number of aliphatic imine (C=N–C) groups is 1. The third-order valence-corrected chi connectivity index (χ3v) is 4.30. The van der Waals surface area contributed by atoms with E-state index < -0.39 is 0 Å². The minimum absolute atomic E-state index is 0. The molecule has 0 amide bonds. The summed E-state index contributed by atoms with van der Waals surface area (Å²) in [5.41, 5.74) is 1.06. The molecule has 6 nitrogen and oxygen atoms in total. The number of hydrogen-bond acceptors (Lipinski definition) is 4. The molecular formula is C21H31FIN5O. The molecule has 2 N–H and O–H groups in total. The largest absolute Gasteiger partial charge is 0.486 e. The van der Waals surface area contributed by atoms with Crippen LogP contribution in [-0.4, -0.2) is 43.7 Å². The number of hydrogen-bond donors (Lipinski definition) is 2. The van der Waals surface area contributed by atoms with Crippen LogP contribution in [0.2, 0.25) is 0 Å². The molecule has 1 heterocycles. The number of benzene rings is 1. The van der Waals surface area contributed by atoms with Crippen LogP contribution in [-0.2, 0) is 6.54 Å². The van der Waals surface area contributed by atoms with E-state index in [2.05, 4.69) is 45.4 Å². The molecule has 1 aromatic carbocycles. The van der Waals surface area contributed by atoms with Gasteiger partial charge in [0.05, 0.1) is 6.54 Å². The fourth-order valence-corrected chi connectivity index (χ4v) is 2.70. The summed E-state index contributed by atoms with van der Waals surface area (Å²) in [6, 6.07) is 10.5. The molecule has 0 saturated carbocycles. The number of aromatic nitrogens is 1. The van der Waals surface area contributed by atoms with Crippen LogP contribution in [0.15, 0.2) is 47.6 Å². The fraction of sp³-hybridized carbons (Fsp3) is 0.429. The number of pyridine rings is 1. The first-order chi connectivity index (χ1) is 13.6. The van der Waals surface area contributed by atoms with Gasteiger partial charge in [0.15, 0.2) is 17.5 Å². The maximum atomic E-state index is 13.7. The van der Waals surface area contributed by atoms with Crippen LogP contribution >= 0.6 is 24.0 Å². The van der Waals surface area contributed by atoms with E-state index in [9.17, 15) is 4.39 Å². The summed E-state index contributed by atoms with van der Waals surface area (Å²) < 4.78 is 19.3. The van der Waals surface area contributed by atoms with Gasteiger partial charge in [-0.25, -0.2) is 9.37 Å². The monoisotopic (exact) mass is 515 g/mol. The molecule has 2 rings (SSSR count). The molecule has 2 aromatic rings. The summed E-state index contributed by atoms with van der Waals surface area (Å²) in [7, 11) is 1.71. The number of para-hydroxylation sites is 1. The number of guanidine groups is 1. The van der Waals surface area contributed by atoms with Crippen molar-refractivity contribution in [1.82, 2.24) is 15.6 Å². The molecule has 0 fully saturated rings. The Balaban J connectivity index is 0.00000420. The Labute approximate surface area is 190 Å². The first-order valence-corrected chi connectivity index (χ1v) is 9.62. The Morgan fingerprint density at radius 3 is 2.48 bits per heavy atom. The summed E-state index contributed by atoms with van der Waals surface area (Å²) in [5, 5.41) is 6.44. The molecule has 1 unspecified atom stereocenters. The van der Waals surface area contributed by atoms with E-state index in [-0.39, 0.29) is 41.6 Å². The van der Waals surface area contributed by atoms with Gasteiger partial charge in [-0.2, -0.15) is 0 Å². The molecule has 0 spiro atoms. The molecule has 160 valence electrons. The molecular weight excluding hydrogens is 484 g/mol. The molecule has 1 aromatic heterocycles. The van der Waals surface area contributed by atoms with Gasteiger partial charge in [0.2, 0.25) is 0 Å². The highest BCUT2D eigenvalue weighted by molar-refractivity contribution is 14.0.